The van der Waals surface area contributed by atoms with Gasteiger partial charge >= 0.3 is 5.97 Å². The van der Waals surface area contributed by atoms with Crippen molar-refractivity contribution in [1.29, 1.82) is 0 Å². The van der Waals surface area contributed by atoms with Gasteiger partial charge in [0.2, 0.25) is 5.95 Å². The van der Waals surface area contributed by atoms with Crippen LogP contribution in [0.15, 0.2) is 72.8 Å². The van der Waals surface area contributed by atoms with Crippen molar-refractivity contribution >= 4 is 40.1 Å². The second-order valence-corrected chi connectivity index (χ2v) is 6.34. The van der Waals surface area contributed by atoms with Gasteiger partial charge in [0.25, 0.3) is 0 Å². The molecule has 0 atom stereocenters. The Hall–Kier alpha value is -3.44. The summed E-state index contributed by atoms with van der Waals surface area (Å²) in [5.74, 6) is -0.702. The number of nitrogens with one attached hydrogen (secondary N) is 1. The van der Waals surface area contributed by atoms with Crippen LogP contribution >= 0.6 is 11.6 Å². The van der Waals surface area contributed by atoms with E-state index in [0.29, 0.717) is 22.2 Å². The van der Waals surface area contributed by atoms with E-state index in [-0.39, 0.29) is 5.56 Å². The zero-order valence-corrected chi connectivity index (χ0v) is 14.8. The van der Waals surface area contributed by atoms with Crippen molar-refractivity contribution in [2.75, 3.05) is 5.32 Å². The number of carbonyl (C=O) groups is 1. The van der Waals surface area contributed by atoms with E-state index in [1.165, 1.54) is 6.07 Å². The number of carboxylic acids is 1. The first kappa shape index (κ1) is 17.0. The van der Waals surface area contributed by atoms with Crippen molar-refractivity contribution in [3.8, 4) is 11.3 Å². The highest BCUT2D eigenvalue weighted by molar-refractivity contribution is 6.31. The van der Waals surface area contributed by atoms with Crippen LogP contribution in [0.4, 0.5) is 11.6 Å². The number of benzene rings is 3. The third-order valence-electron chi connectivity index (χ3n) is 4.11. The normalized spacial score (nSPS) is 10.7. The molecular weight excluding hydrogens is 362 g/mol. The van der Waals surface area contributed by atoms with Gasteiger partial charge in [-0.3, -0.25) is 0 Å². The van der Waals surface area contributed by atoms with Crippen molar-refractivity contribution in [3.05, 3.63) is 83.4 Å². The quantitative estimate of drug-likeness (QED) is 0.500. The summed E-state index contributed by atoms with van der Waals surface area (Å²) in [7, 11) is 0. The number of hydrogen-bond donors (Lipinski definition) is 2. The van der Waals surface area contributed by atoms with Crippen molar-refractivity contribution < 1.29 is 9.90 Å². The van der Waals surface area contributed by atoms with Crippen LogP contribution in [0.1, 0.15) is 10.4 Å². The summed E-state index contributed by atoms with van der Waals surface area (Å²) in [5.41, 5.74) is 2.93. The molecule has 5 nitrogen and oxygen atoms in total. The smallest absolute Gasteiger partial charge is 0.337 e. The van der Waals surface area contributed by atoms with E-state index >= 15 is 0 Å². The molecule has 0 saturated carbocycles. The van der Waals surface area contributed by atoms with Crippen molar-refractivity contribution in [3.63, 3.8) is 0 Å². The van der Waals surface area contributed by atoms with E-state index in [1.54, 1.807) is 24.3 Å². The lowest BCUT2D eigenvalue weighted by Crippen LogP contribution is -2.05. The number of anilines is 2. The van der Waals surface area contributed by atoms with Crippen molar-refractivity contribution in [1.82, 2.24) is 9.97 Å². The van der Waals surface area contributed by atoms with Gasteiger partial charge in [0.05, 0.1) is 22.5 Å². The molecule has 4 aromatic rings. The van der Waals surface area contributed by atoms with Gasteiger partial charge in [-0.15, -0.1) is 0 Å². The SMILES string of the molecule is O=C(O)c1ccccc1Nc1nc(-c2ccccc2)c2cc(Cl)ccc2n1. The monoisotopic (exact) mass is 375 g/mol. The van der Waals surface area contributed by atoms with Gasteiger partial charge in [0.1, 0.15) is 0 Å². The van der Waals surface area contributed by atoms with Gasteiger partial charge in [-0.25, -0.2) is 14.8 Å². The zero-order chi connectivity index (χ0) is 18.8. The lowest BCUT2D eigenvalue weighted by Gasteiger charge is -2.12. The van der Waals surface area contributed by atoms with Crippen LogP contribution in [0.25, 0.3) is 22.2 Å². The average molecular weight is 376 g/mol. The molecule has 27 heavy (non-hydrogen) atoms. The minimum absolute atomic E-state index is 0.151. The lowest BCUT2D eigenvalue weighted by molar-refractivity contribution is 0.0698. The zero-order valence-electron chi connectivity index (χ0n) is 14.1. The maximum absolute atomic E-state index is 11.5. The summed E-state index contributed by atoms with van der Waals surface area (Å²) in [6, 6.07) is 21.8. The Morgan fingerprint density at radius 3 is 2.44 bits per heavy atom. The van der Waals surface area contributed by atoms with E-state index in [0.717, 1.165) is 16.6 Å². The Morgan fingerprint density at radius 2 is 1.67 bits per heavy atom. The summed E-state index contributed by atoms with van der Waals surface area (Å²) >= 11 is 6.17. The maximum Gasteiger partial charge on any atom is 0.337 e. The Labute approximate surface area is 160 Å². The van der Waals surface area contributed by atoms with Gasteiger partial charge < -0.3 is 10.4 Å². The minimum atomic E-state index is -1.02. The number of hydrogen-bond acceptors (Lipinski definition) is 4. The van der Waals surface area contributed by atoms with Gasteiger partial charge in [-0.05, 0) is 30.3 Å². The Morgan fingerprint density at radius 1 is 0.926 bits per heavy atom. The summed E-state index contributed by atoms with van der Waals surface area (Å²) < 4.78 is 0. The third-order valence-corrected chi connectivity index (χ3v) is 4.34. The molecule has 132 valence electrons. The molecule has 0 bridgehead atoms. The van der Waals surface area contributed by atoms with Gasteiger partial charge in [-0.2, -0.15) is 0 Å². The fraction of sp³-hybridized carbons (Fsp3) is 0. The van der Waals surface area contributed by atoms with E-state index in [1.807, 2.05) is 42.5 Å². The summed E-state index contributed by atoms with van der Waals surface area (Å²) in [6.45, 7) is 0. The number of aromatic carboxylic acids is 1. The standard InChI is InChI=1S/C21H14ClN3O2/c22-14-10-11-18-16(12-14)19(13-6-2-1-3-7-13)25-21(24-18)23-17-9-5-4-8-15(17)20(26)27/h1-12H,(H,26,27)(H,23,24,25). The third kappa shape index (κ3) is 3.45. The molecule has 0 fully saturated rings. The number of para-hydroxylation sites is 1. The van der Waals surface area contributed by atoms with Crippen LogP contribution in [-0.4, -0.2) is 21.0 Å². The number of halogens is 1. The van der Waals surface area contributed by atoms with Crippen LogP contribution < -0.4 is 5.32 Å². The molecule has 0 aliphatic carbocycles. The molecule has 0 unspecified atom stereocenters. The maximum atomic E-state index is 11.5. The highest BCUT2D eigenvalue weighted by atomic mass is 35.5. The first-order chi connectivity index (χ1) is 13.1. The number of carboxylic acid groups (broad SMARTS) is 1. The topological polar surface area (TPSA) is 75.1 Å². The van der Waals surface area contributed by atoms with Gasteiger partial charge in [0.15, 0.2) is 0 Å². The molecule has 0 aliphatic rings. The average Bonchev–Trinajstić information content (AvgIpc) is 2.68. The van der Waals surface area contributed by atoms with E-state index in [9.17, 15) is 9.90 Å². The van der Waals surface area contributed by atoms with Gasteiger partial charge in [-0.1, -0.05) is 54.1 Å². The molecule has 3 aromatic carbocycles. The molecule has 4 rings (SSSR count). The fourth-order valence-corrected chi connectivity index (χ4v) is 3.04. The fourth-order valence-electron chi connectivity index (χ4n) is 2.87. The van der Waals surface area contributed by atoms with Gasteiger partial charge in [0, 0.05) is 16.0 Å². The molecule has 1 heterocycles. The number of rotatable bonds is 4. The molecule has 0 radical (unpaired) electrons. The second kappa shape index (κ2) is 7.05. The summed E-state index contributed by atoms with van der Waals surface area (Å²) in [6.07, 6.45) is 0. The van der Waals surface area contributed by atoms with Crippen molar-refractivity contribution in [2.24, 2.45) is 0 Å². The largest absolute Gasteiger partial charge is 0.478 e. The summed E-state index contributed by atoms with van der Waals surface area (Å²) in [4.78, 5) is 20.6. The molecular formula is C21H14ClN3O2. The predicted molar refractivity (Wildman–Crippen MR) is 107 cm³/mol. The molecule has 0 spiro atoms. The first-order valence-electron chi connectivity index (χ1n) is 8.24. The van der Waals surface area contributed by atoms with E-state index in [2.05, 4.69) is 15.3 Å². The highest BCUT2D eigenvalue weighted by Crippen LogP contribution is 2.30. The Bertz CT molecular complexity index is 1150. The van der Waals surface area contributed by atoms with Crippen LogP contribution in [0.5, 0.6) is 0 Å². The second-order valence-electron chi connectivity index (χ2n) is 5.90. The highest BCUT2D eigenvalue weighted by Gasteiger charge is 2.13. The minimum Gasteiger partial charge on any atom is -0.478 e. The van der Waals surface area contributed by atoms with Crippen LogP contribution in [-0.2, 0) is 0 Å². The first-order valence-corrected chi connectivity index (χ1v) is 8.62. The lowest BCUT2D eigenvalue weighted by atomic mass is 10.1. The molecule has 0 amide bonds. The Kier molecular flexibility index (Phi) is 4.44. The molecule has 0 saturated heterocycles. The van der Waals surface area contributed by atoms with Crippen LogP contribution in [0.2, 0.25) is 5.02 Å². The number of fused-ring (bicyclic) bond motifs is 1. The predicted octanol–water partition coefficient (Wildman–Crippen LogP) is 5.39. The molecule has 0 aliphatic heterocycles. The molecule has 2 N–H and O–H groups in total. The molecule has 1 aromatic heterocycles. The summed E-state index contributed by atoms with van der Waals surface area (Å²) in [5, 5.41) is 13.8. The Balaban J connectivity index is 1.88. The van der Waals surface area contributed by atoms with Crippen molar-refractivity contribution in [2.45, 2.75) is 0 Å². The van der Waals surface area contributed by atoms with Crippen LogP contribution in [0.3, 0.4) is 0 Å². The number of nitrogens with zero attached hydrogens (tertiary/aromatic N) is 2. The van der Waals surface area contributed by atoms with Crippen LogP contribution in [0, 0.1) is 0 Å². The van der Waals surface area contributed by atoms with E-state index in [4.69, 9.17) is 11.6 Å². The number of aromatic nitrogens is 2. The van der Waals surface area contributed by atoms with E-state index < -0.39 is 5.97 Å². The molecule has 6 heteroatoms.